The van der Waals surface area contributed by atoms with Crippen LogP contribution in [-0.2, 0) is 6.42 Å². The molecule has 26 heavy (non-hydrogen) atoms. The lowest BCUT2D eigenvalue weighted by Gasteiger charge is -2.13. The van der Waals surface area contributed by atoms with Crippen LogP contribution in [0.5, 0.6) is 5.75 Å². The Morgan fingerprint density at radius 1 is 1.23 bits per heavy atom. The number of aryl methyl sites for hydroxylation is 1. The number of urea groups is 1. The van der Waals surface area contributed by atoms with Gasteiger partial charge in [0.05, 0.1) is 7.11 Å². The van der Waals surface area contributed by atoms with E-state index in [2.05, 4.69) is 36.6 Å². The second-order valence-electron chi connectivity index (χ2n) is 6.26. The first-order valence-electron chi connectivity index (χ1n) is 8.97. The fraction of sp³-hybridized carbons (Fsp3) is 0.381. The molecule has 2 N–H and O–H groups in total. The van der Waals surface area contributed by atoms with Crippen LogP contribution in [0.4, 0.5) is 10.5 Å². The lowest BCUT2D eigenvalue weighted by atomic mass is 10.1. The first kappa shape index (κ1) is 20.2. The van der Waals surface area contributed by atoms with E-state index < -0.39 is 0 Å². The van der Waals surface area contributed by atoms with Crippen molar-refractivity contribution >= 4 is 23.5 Å². The highest BCUT2D eigenvalue weighted by Crippen LogP contribution is 2.28. The smallest absolute Gasteiger partial charge is 0.319 e. The predicted molar refractivity (Wildman–Crippen MR) is 111 cm³/mol. The van der Waals surface area contributed by atoms with Crippen molar-refractivity contribution in [2.24, 2.45) is 0 Å². The molecule has 0 aliphatic rings. The minimum absolute atomic E-state index is 0.190. The van der Waals surface area contributed by atoms with Crippen molar-refractivity contribution in [2.75, 3.05) is 19.0 Å². The number of carbonyl (C=O) groups excluding carboxylic acids is 1. The van der Waals surface area contributed by atoms with E-state index in [-0.39, 0.29) is 6.03 Å². The highest BCUT2D eigenvalue weighted by molar-refractivity contribution is 7.99. The normalized spacial score (nSPS) is 11.7. The van der Waals surface area contributed by atoms with E-state index in [0.717, 1.165) is 35.4 Å². The zero-order valence-electron chi connectivity index (χ0n) is 16.0. The van der Waals surface area contributed by atoms with Crippen molar-refractivity contribution < 1.29 is 9.53 Å². The van der Waals surface area contributed by atoms with Gasteiger partial charge in [-0.2, -0.15) is 0 Å². The molecule has 0 saturated carbocycles. The second kappa shape index (κ2) is 10.1. The number of nitrogens with one attached hydrogen (secondary N) is 2. The molecule has 0 aliphatic heterocycles. The van der Waals surface area contributed by atoms with Gasteiger partial charge < -0.3 is 15.4 Å². The summed E-state index contributed by atoms with van der Waals surface area (Å²) in [4.78, 5) is 13.4. The van der Waals surface area contributed by atoms with Gasteiger partial charge in [0.15, 0.2) is 0 Å². The van der Waals surface area contributed by atoms with Crippen LogP contribution >= 0.6 is 11.8 Å². The fourth-order valence-corrected chi connectivity index (χ4v) is 3.57. The highest BCUT2D eigenvalue weighted by Gasteiger charge is 2.08. The fourth-order valence-electron chi connectivity index (χ4n) is 2.55. The van der Waals surface area contributed by atoms with Crippen molar-refractivity contribution in [3.8, 4) is 5.75 Å². The number of ether oxygens (including phenoxy) is 1. The Morgan fingerprint density at radius 3 is 2.69 bits per heavy atom. The number of anilines is 1. The lowest BCUT2D eigenvalue weighted by Crippen LogP contribution is -2.30. The molecule has 4 nitrogen and oxygen atoms in total. The molecule has 0 radical (unpaired) electrons. The number of rotatable bonds is 8. The largest absolute Gasteiger partial charge is 0.496 e. The molecule has 140 valence electrons. The van der Waals surface area contributed by atoms with Crippen LogP contribution in [0.1, 0.15) is 31.4 Å². The molecule has 1 unspecified atom stereocenters. The Balaban J connectivity index is 1.85. The number of methoxy groups -OCH3 is 1. The number of para-hydroxylation sites is 1. The van der Waals surface area contributed by atoms with Crippen molar-refractivity contribution in [1.29, 1.82) is 0 Å². The van der Waals surface area contributed by atoms with E-state index in [4.69, 9.17) is 4.74 Å². The first-order valence-corrected chi connectivity index (χ1v) is 9.85. The van der Waals surface area contributed by atoms with Gasteiger partial charge >= 0.3 is 6.03 Å². The van der Waals surface area contributed by atoms with E-state index in [0.29, 0.717) is 11.8 Å². The molecule has 0 spiro atoms. The summed E-state index contributed by atoms with van der Waals surface area (Å²) in [6.07, 6.45) is 1.86. The van der Waals surface area contributed by atoms with Gasteiger partial charge in [-0.15, -0.1) is 11.8 Å². The van der Waals surface area contributed by atoms with Gasteiger partial charge in [0, 0.05) is 22.4 Å². The third-order valence-corrected chi connectivity index (χ3v) is 5.49. The summed E-state index contributed by atoms with van der Waals surface area (Å²) in [5.74, 6) is 0.847. The highest BCUT2D eigenvalue weighted by atomic mass is 32.2. The van der Waals surface area contributed by atoms with Crippen LogP contribution in [0.3, 0.4) is 0 Å². The van der Waals surface area contributed by atoms with Gasteiger partial charge in [-0.3, -0.25) is 0 Å². The summed E-state index contributed by atoms with van der Waals surface area (Å²) in [6, 6.07) is 13.8. The zero-order chi connectivity index (χ0) is 18.9. The van der Waals surface area contributed by atoms with Crippen LogP contribution in [0.25, 0.3) is 0 Å². The molecule has 0 aliphatic carbocycles. The Bertz CT molecular complexity index is 734. The summed E-state index contributed by atoms with van der Waals surface area (Å²) in [7, 11) is 1.66. The number of hydrogen-bond acceptors (Lipinski definition) is 3. The Labute approximate surface area is 160 Å². The summed E-state index contributed by atoms with van der Waals surface area (Å²) in [5, 5.41) is 6.42. The minimum atomic E-state index is -0.190. The SMILES string of the molecule is CCC(C)Sc1ccc(NC(=O)NCCc2ccccc2OC)c(C)c1. The molecule has 2 rings (SSSR count). The van der Waals surface area contributed by atoms with E-state index in [9.17, 15) is 4.79 Å². The Hall–Kier alpha value is -2.14. The molecule has 2 aromatic rings. The van der Waals surface area contributed by atoms with Gasteiger partial charge in [0.2, 0.25) is 0 Å². The average Bonchev–Trinajstić information content (AvgIpc) is 2.64. The van der Waals surface area contributed by atoms with Crippen LogP contribution in [0.2, 0.25) is 0 Å². The number of thioether (sulfide) groups is 1. The van der Waals surface area contributed by atoms with Crippen LogP contribution < -0.4 is 15.4 Å². The maximum absolute atomic E-state index is 12.2. The van der Waals surface area contributed by atoms with Crippen molar-refractivity contribution in [3.63, 3.8) is 0 Å². The average molecular weight is 373 g/mol. The molecular formula is C21H28N2O2S. The third-order valence-electron chi connectivity index (χ3n) is 4.23. The van der Waals surface area contributed by atoms with E-state index in [1.165, 1.54) is 4.90 Å². The maximum atomic E-state index is 12.2. The van der Waals surface area contributed by atoms with Gasteiger partial charge in [-0.25, -0.2) is 4.79 Å². The number of hydrogen-bond donors (Lipinski definition) is 2. The topological polar surface area (TPSA) is 50.4 Å². The minimum Gasteiger partial charge on any atom is -0.496 e. The van der Waals surface area contributed by atoms with Crippen molar-refractivity contribution in [1.82, 2.24) is 5.32 Å². The predicted octanol–water partition coefficient (Wildman–Crippen LogP) is 5.26. The summed E-state index contributed by atoms with van der Waals surface area (Å²) in [5.41, 5.74) is 2.99. The zero-order valence-corrected chi connectivity index (χ0v) is 16.8. The van der Waals surface area contributed by atoms with E-state index in [1.54, 1.807) is 7.11 Å². The molecule has 5 heteroatoms. The van der Waals surface area contributed by atoms with E-state index in [1.807, 2.05) is 49.0 Å². The molecule has 0 saturated heterocycles. The molecular weight excluding hydrogens is 344 g/mol. The first-order chi connectivity index (χ1) is 12.5. The van der Waals surface area contributed by atoms with Gasteiger partial charge in [0.1, 0.15) is 5.75 Å². The molecule has 2 aromatic carbocycles. The maximum Gasteiger partial charge on any atom is 0.319 e. The molecule has 1 atom stereocenters. The molecule has 0 fully saturated rings. The van der Waals surface area contributed by atoms with Crippen LogP contribution in [0, 0.1) is 6.92 Å². The lowest BCUT2D eigenvalue weighted by molar-refractivity contribution is 0.252. The van der Waals surface area contributed by atoms with Gasteiger partial charge in [-0.1, -0.05) is 32.0 Å². The summed E-state index contributed by atoms with van der Waals surface area (Å²) in [6.45, 7) is 6.98. The van der Waals surface area contributed by atoms with Crippen molar-refractivity contribution in [2.45, 2.75) is 43.8 Å². The monoisotopic (exact) mass is 372 g/mol. The molecule has 0 aromatic heterocycles. The molecule has 0 bridgehead atoms. The number of benzene rings is 2. The van der Waals surface area contributed by atoms with E-state index >= 15 is 0 Å². The molecule has 2 amide bonds. The van der Waals surface area contributed by atoms with Crippen molar-refractivity contribution in [3.05, 3.63) is 53.6 Å². The third kappa shape index (κ3) is 5.99. The van der Waals surface area contributed by atoms with Crippen LogP contribution in [0.15, 0.2) is 47.4 Å². The number of amides is 2. The van der Waals surface area contributed by atoms with Gasteiger partial charge in [-0.05, 0) is 55.2 Å². The number of carbonyl (C=O) groups is 1. The molecule has 0 heterocycles. The summed E-state index contributed by atoms with van der Waals surface area (Å²) < 4.78 is 5.33. The van der Waals surface area contributed by atoms with Crippen LogP contribution in [-0.4, -0.2) is 24.9 Å². The van der Waals surface area contributed by atoms with Gasteiger partial charge in [0.25, 0.3) is 0 Å². The second-order valence-corrected chi connectivity index (χ2v) is 7.77. The Kier molecular flexibility index (Phi) is 7.85. The standard InChI is InChI=1S/C21H28N2O2S/c1-5-16(3)26-18-10-11-19(15(2)14-18)23-21(24)22-13-12-17-8-6-7-9-20(17)25-4/h6-11,14,16H,5,12-13H2,1-4H3,(H2,22,23,24). The Morgan fingerprint density at radius 2 is 2.00 bits per heavy atom. The quantitative estimate of drug-likeness (QED) is 0.622. The summed E-state index contributed by atoms with van der Waals surface area (Å²) >= 11 is 1.86.